The molecular weight excluding hydrogens is 633 g/mol. The summed E-state index contributed by atoms with van der Waals surface area (Å²) in [4.78, 5) is 8.50. The largest absolute Gasteiger partial charge is 0.486 e. The Morgan fingerprint density at radius 3 is 2.42 bits per heavy atom. The molecule has 0 saturated heterocycles. The minimum absolute atomic E-state index is 0.361. The zero-order valence-corrected chi connectivity index (χ0v) is 24.7. The second-order valence-electron chi connectivity index (χ2n) is 7.95. The van der Waals surface area contributed by atoms with Gasteiger partial charge in [0.1, 0.15) is 11.9 Å². The number of nitrogens with zero attached hydrogens (tertiary/aromatic N) is 4. The molecule has 0 spiro atoms. The summed E-state index contributed by atoms with van der Waals surface area (Å²) in [6.07, 6.45) is 6.58. The van der Waals surface area contributed by atoms with E-state index >= 15 is 0 Å². The molecule has 1 aromatic carbocycles. The fourth-order valence-electron chi connectivity index (χ4n) is 3.90. The number of benzene rings is 1. The molecule has 0 radical (unpaired) electrons. The van der Waals surface area contributed by atoms with Crippen LogP contribution in [0.15, 0.2) is 48.9 Å². The number of pyridine rings is 2. The van der Waals surface area contributed by atoms with Crippen molar-refractivity contribution in [1.29, 1.82) is 0 Å². The number of halogens is 3. The number of hydrogen-bond donors (Lipinski definition) is 0. The van der Waals surface area contributed by atoms with E-state index in [1.54, 1.807) is 32.8 Å². The van der Waals surface area contributed by atoms with Crippen molar-refractivity contribution in [3.05, 3.63) is 81.5 Å². The van der Waals surface area contributed by atoms with Crippen molar-refractivity contribution in [3.8, 4) is 5.75 Å². The molecule has 0 aliphatic rings. The van der Waals surface area contributed by atoms with Gasteiger partial charge in [-0.3, -0.25) is 9.97 Å². The van der Waals surface area contributed by atoms with Gasteiger partial charge in [0.2, 0.25) is 6.29 Å². The molecule has 188 valence electrons. The monoisotopic (exact) mass is 656 g/mol. The van der Waals surface area contributed by atoms with Gasteiger partial charge in [-0.1, -0.05) is 29.3 Å². The van der Waals surface area contributed by atoms with Crippen molar-refractivity contribution in [3.63, 3.8) is 0 Å². The number of fused-ring (bicyclic) bond motifs is 1. The fraction of sp³-hybridized carbons (Fsp3) is 0.240. The van der Waals surface area contributed by atoms with Crippen molar-refractivity contribution in [2.75, 3.05) is 14.2 Å². The smallest absolute Gasteiger partial charge is 0.200 e. The maximum Gasteiger partial charge on any atom is 0.200 e. The predicted octanol–water partition coefficient (Wildman–Crippen LogP) is 7.92. The van der Waals surface area contributed by atoms with E-state index in [-0.39, 0.29) is 6.10 Å². The third-order valence-corrected chi connectivity index (χ3v) is 8.05. The quantitative estimate of drug-likeness (QED) is 0.104. The molecule has 0 fully saturated rings. The minimum Gasteiger partial charge on any atom is -0.486 e. The SMILES string of the molecule is COC(OC)c1ccc(/C=C(\C)c2nn(PI)c3ccc(OC(C)c4c(Cl)cncc4Cl)cc23)cn1. The average Bonchev–Trinajstić information content (AvgIpc) is 3.24. The van der Waals surface area contributed by atoms with E-state index in [0.29, 0.717) is 33.4 Å². The number of hydrogen-bond acceptors (Lipinski definition) is 6. The fourth-order valence-corrected chi connectivity index (χ4v) is 6.10. The number of ether oxygens (including phenoxy) is 3. The molecule has 3 heterocycles. The molecular formula is C25H24Cl2IN4O3P. The molecule has 11 heteroatoms. The van der Waals surface area contributed by atoms with Gasteiger partial charge < -0.3 is 14.2 Å². The highest BCUT2D eigenvalue weighted by molar-refractivity contribution is 14.2. The number of methoxy groups -OCH3 is 2. The summed E-state index contributed by atoms with van der Waals surface area (Å²) < 4.78 is 18.8. The second-order valence-corrected chi connectivity index (χ2v) is 10.8. The lowest BCUT2D eigenvalue weighted by atomic mass is 10.1. The van der Waals surface area contributed by atoms with Gasteiger partial charge in [-0.25, -0.2) is 4.45 Å². The third kappa shape index (κ3) is 5.85. The summed E-state index contributed by atoms with van der Waals surface area (Å²) in [5.41, 5.74) is 5.27. The molecule has 36 heavy (non-hydrogen) atoms. The van der Waals surface area contributed by atoms with Crippen molar-refractivity contribution < 1.29 is 14.2 Å². The van der Waals surface area contributed by atoms with Crippen LogP contribution in [0.4, 0.5) is 0 Å². The van der Waals surface area contributed by atoms with Crippen LogP contribution in [0.3, 0.4) is 0 Å². The lowest BCUT2D eigenvalue weighted by Crippen LogP contribution is -2.05. The van der Waals surface area contributed by atoms with Crippen molar-refractivity contribution in [2.24, 2.45) is 0 Å². The van der Waals surface area contributed by atoms with E-state index < -0.39 is 6.29 Å². The van der Waals surface area contributed by atoms with Gasteiger partial charge in [0.25, 0.3) is 0 Å². The Morgan fingerprint density at radius 1 is 1.08 bits per heavy atom. The van der Waals surface area contributed by atoms with Crippen LogP contribution in [-0.4, -0.2) is 33.7 Å². The minimum atomic E-state index is -0.494. The molecule has 0 aliphatic heterocycles. The first-order valence-corrected chi connectivity index (χ1v) is 15.7. The Kier molecular flexibility index (Phi) is 9.19. The Labute approximate surface area is 234 Å². The molecule has 0 bridgehead atoms. The first-order valence-electron chi connectivity index (χ1n) is 10.9. The van der Waals surface area contributed by atoms with Gasteiger partial charge >= 0.3 is 0 Å². The normalized spacial score (nSPS) is 13.3. The van der Waals surface area contributed by atoms with Crippen LogP contribution in [0.2, 0.25) is 10.0 Å². The number of rotatable bonds is 9. The van der Waals surface area contributed by atoms with E-state index in [9.17, 15) is 0 Å². The Hall–Kier alpha value is -1.81. The molecule has 4 rings (SSSR count). The van der Waals surface area contributed by atoms with Crippen LogP contribution >= 0.6 is 51.6 Å². The zero-order valence-electron chi connectivity index (χ0n) is 20.0. The predicted molar refractivity (Wildman–Crippen MR) is 155 cm³/mol. The van der Waals surface area contributed by atoms with Crippen LogP contribution in [-0.2, 0) is 9.47 Å². The Morgan fingerprint density at radius 2 is 1.81 bits per heavy atom. The lowest BCUT2D eigenvalue weighted by molar-refractivity contribution is -0.108. The summed E-state index contributed by atoms with van der Waals surface area (Å²) in [6, 6.07) is 9.83. The van der Waals surface area contributed by atoms with E-state index in [2.05, 4.69) is 38.1 Å². The highest BCUT2D eigenvalue weighted by Gasteiger charge is 2.18. The van der Waals surface area contributed by atoms with Crippen molar-refractivity contribution >= 4 is 74.2 Å². The maximum atomic E-state index is 6.33. The van der Waals surface area contributed by atoms with Crippen molar-refractivity contribution in [1.82, 2.24) is 19.5 Å². The van der Waals surface area contributed by atoms with Crippen LogP contribution < -0.4 is 4.74 Å². The number of aromatic nitrogens is 4. The van der Waals surface area contributed by atoms with Gasteiger partial charge in [-0.05, 0) is 77.4 Å². The number of allylic oxidation sites excluding steroid dienone is 1. The summed E-state index contributed by atoms with van der Waals surface area (Å²) in [5.74, 6) is 0.695. The van der Waals surface area contributed by atoms with Crippen LogP contribution in [0, 0.1) is 0 Å². The lowest BCUT2D eigenvalue weighted by Gasteiger charge is -2.17. The van der Waals surface area contributed by atoms with Crippen LogP contribution in [0.1, 0.15) is 48.8 Å². The third-order valence-electron chi connectivity index (χ3n) is 5.58. The molecule has 2 atom stereocenters. The van der Waals surface area contributed by atoms with Crippen LogP contribution in [0.5, 0.6) is 5.75 Å². The van der Waals surface area contributed by atoms with E-state index in [4.69, 9.17) is 42.5 Å². The molecule has 0 amide bonds. The molecule has 0 saturated carbocycles. The first-order chi connectivity index (χ1) is 17.4. The first kappa shape index (κ1) is 27.2. The zero-order chi connectivity index (χ0) is 25.8. The highest BCUT2D eigenvalue weighted by atomic mass is 127. The molecule has 2 unspecified atom stereocenters. The van der Waals surface area contributed by atoms with Gasteiger partial charge in [-0.15, -0.1) is 0 Å². The van der Waals surface area contributed by atoms with Gasteiger partial charge in [0, 0.05) is 43.8 Å². The van der Waals surface area contributed by atoms with E-state index in [1.165, 1.54) is 0 Å². The Balaban J connectivity index is 1.67. The van der Waals surface area contributed by atoms with E-state index in [0.717, 1.165) is 27.7 Å². The molecule has 3 aromatic heterocycles. The highest BCUT2D eigenvalue weighted by Crippen LogP contribution is 2.37. The Bertz CT molecular complexity index is 1370. The topological polar surface area (TPSA) is 71.3 Å². The van der Waals surface area contributed by atoms with Crippen LogP contribution in [0.25, 0.3) is 22.6 Å². The van der Waals surface area contributed by atoms with Gasteiger partial charge in [-0.2, -0.15) is 5.10 Å². The summed E-state index contributed by atoms with van der Waals surface area (Å²) in [6.45, 7) is 3.95. The average molecular weight is 657 g/mol. The molecule has 4 aromatic rings. The molecule has 0 N–H and O–H groups in total. The standard InChI is InChI=1S/C25H24Cl2IN4O3P/c1-14(9-16-5-7-21(30-11-16)25(33-3)34-4)24-18-10-17(6-8-22(18)32(31-24)36-28)35-15(2)23-19(26)12-29-13-20(23)27/h5-13,15,25,36H,1-4H3/b14-9+. The van der Waals surface area contributed by atoms with Crippen molar-refractivity contribution in [2.45, 2.75) is 26.2 Å². The molecule has 7 nitrogen and oxygen atoms in total. The van der Waals surface area contributed by atoms with E-state index in [1.807, 2.05) is 48.6 Å². The second kappa shape index (κ2) is 12.2. The van der Waals surface area contributed by atoms with Gasteiger partial charge in [0.05, 0.1) is 33.3 Å². The summed E-state index contributed by atoms with van der Waals surface area (Å²) in [5, 5.41) is 6.80. The summed E-state index contributed by atoms with van der Waals surface area (Å²) in [7, 11) is 3.17. The van der Waals surface area contributed by atoms with Gasteiger partial charge in [0.15, 0.2) is 0 Å². The summed E-state index contributed by atoms with van der Waals surface area (Å²) >= 11 is 15.0. The molecule has 0 aliphatic carbocycles. The maximum absolute atomic E-state index is 6.33.